The molecule has 0 atom stereocenters. The second-order valence-corrected chi connectivity index (χ2v) is 6.10. The number of amides is 2. The lowest BCUT2D eigenvalue weighted by Crippen LogP contribution is -2.36. The highest BCUT2D eigenvalue weighted by atomic mass is 16.5. The van der Waals surface area contributed by atoms with Crippen molar-refractivity contribution in [2.75, 3.05) is 7.11 Å². The van der Waals surface area contributed by atoms with Crippen LogP contribution in [0.15, 0.2) is 35.1 Å². The predicted molar refractivity (Wildman–Crippen MR) is 93.4 cm³/mol. The highest BCUT2D eigenvalue weighted by Crippen LogP contribution is 2.24. The van der Waals surface area contributed by atoms with Gasteiger partial charge in [-0.15, -0.1) is 0 Å². The zero-order chi connectivity index (χ0) is 19.9. The first kappa shape index (κ1) is 18.2. The van der Waals surface area contributed by atoms with Crippen molar-refractivity contribution < 1.29 is 23.9 Å². The summed E-state index contributed by atoms with van der Waals surface area (Å²) >= 11 is 0. The molecule has 27 heavy (non-hydrogen) atoms. The maximum atomic E-state index is 12.7. The van der Waals surface area contributed by atoms with Crippen molar-refractivity contribution in [1.29, 1.82) is 0 Å². The summed E-state index contributed by atoms with van der Waals surface area (Å²) in [5.74, 6) is -3.26. The molecule has 1 aliphatic rings. The summed E-state index contributed by atoms with van der Waals surface area (Å²) in [6.07, 6.45) is 0. The standard InChI is InChI=1S/C19H16N2O6/c1-10-8-13(15(22)19(26)27-3)14(16(23)20(10)2)9-21-17(24)11-6-4-5-7-12(11)18(21)25/h4-8H,9H2,1-3H3. The van der Waals surface area contributed by atoms with Crippen LogP contribution in [0.25, 0.3) is 0 Å². The molecule has 2 aromatic rings. The molecule has 0 spiro atoms. The zero-order valence-electron chi connectivity index (χ0n) is 14.9. The maximum absolute atomic E-state index is 12.7. The van der Waals surface area contributed by atoms with Crippen molar-refractivity contribution in [2.45, 2.75) is 13.5 Å². The van der Waals surface area contributed by atoms with E-state index in [9.17, 15) is 24.0 Å². The van der Waals surface area contributed by atoms with E-state index in [0.29, 0.717) is 5.69 Å². The van der Waals surface area contributed by atoms with Crippen LogP contribution in [-0.4, -0.2) is 40.1 Å². The van der Waals surface area contributed by atoms with Crippen LogP contribution in [0, 0.1) is 6.92 Å². The lowest BCUT2D eigenvalue weighted by molar-refractivity contribution is -0.135. The van der Waals surface area contributed by atoms with Crippen LogP contribution in [-0.2, 0) is 23.1 Å². The molecule has 3 rings (SSSR count). The number of aryl methyl sites for hydroxylation is 1. The van der Waals surface area contributed by atoms with Crippen molar-refractivity contribution in [2.24, 2.45) is 7.05 Å². The monoisotopic (exact) mass is 368 g/mol. The lowest BCUT2D eigenvalue weighted by atomic mass is 10.0. The third-order valence-corrected chi connectivity index (χ3v) is 4.58. The number of imide groups is 1. The van der Waals surface area contributed by atoms with E-state index < -0.39 is 35.7 Å². The van der Waals surface area contributed by atoms with Crippen LogP contribution in [0.2, 0.25) is 0 Å². The SMILES string of the molecule is COC(=O)C(=O)c1cc(C)n(C)c(=O)c1CN1C(=O)c2ccccc2C1=O. The number of esters is 1. The van der Waals surface area contributed by atoms with E-state index in [2.05, 4.69) is 4.74 Å². The van der Waals surface area contributed by atoms with Gasteiger partial charge in [-0.2, -0.15) is 0 Å². The number of Topliss-reactive ketones (excluding diaryl/α,β-unsaturated/α-hetero) is 1. The molecule has 1 aromatic heterocycles. The zero-order valence-corrected chi connectivity index (χ0v) is 14.9. The van der Waals surface area contributed by atoms with Gasteiger partial charge in [0.05, 0.1) is 24.8 Å². The Morgan fingerprint density at radius 1 is 1.04 bits per heavy atom. The van der Waals surface area contributed by atoms with Crippen molar-refractivity contribution >= 4 is 23.6 Å². The predicted octanol–water partition coefficient (Wildman–Crippen LogP) is 0.846. The number of ketones is 1. The number of nitrogens with zero attached hydrogens (tertiary/aromatic N) is 2. The van der Waals surface area contributed by atoms with Crippen molar-refractivity contribution in [3.63, 3.8) is 0 Å². The molecule has 1 aromatic carbocycles. The Balaban J connectivity index is 2.10. The van der Waals surface area contributed by atoms with Gasteiger partial charge in [-0.1, -0.05) is 12.1 Å². The van der Waals surface area contributed by atoms with Gasteiger partial charge in [-0.25, -0.2) is 4.79 Å². The minimum Gasteiger partial charge on any atom is -0.463 e. The lowest BCUT2D eigenvalue weighted by Gasteiger charge is -2.17. The molecular formula is C19H16N2O6. The highest BCUT2D eigenvalue weighted by Gasteiger charge is 2.37. The number of methoxy groups -OCH3 is 1. The number of benzene rings is 1. The average molecular weight is 368 g/mol. The van der Waals surface area contributed by atoms with E-state index >= 15 is 0 Å². The molecular weight excluding hydrogens is 352 g/mol. The van der Waals surface area contributed by atoms with Gasteiger partial charge in [0.2, 0.25) is 0 Å². The number of rotatable bonds is 4. The molecule has 2 heterocycles. The molecule has 0 saturated carbocycles. The van der Waals surface area contributed by atoms with Gasteiger partial charge < -0.3 is 9.30 Å². The first-order valence-corrected chi connectivity index (χ1v) is 8.05. The van der Waals surface area contributed by atoms with Crippen LogP contribution in [0.1, 0.15) is 42.3 Å². The van der Waals surface area contributed by atoms with Gasteiger partial charge in [-0.3, -0.25) is 24.1 Å². The molecule has 0 fully saturated rings. The van der Waals surface area contributed by atoms with Crippen molar-refractivity contribution in [3.05, 3.63) is 68.6 Å². The van der Waals surface area contributed by atoms with Gasteiger partial charge in [0.1, 0.15) is 0 Å². The van der Waals surface area contributed by atoms with E-state index in [0.717, 1.165) is 12.0 Å². The molecule has 0 unspecified atom stereocenters. The number of aromatic nitrogens is 1. The summed E-state index contributed by atoms with van der Waals surface area (Å²) in [4.78, 5) is 62.8. The molecule has 2 amide bonds. The molecule has 8 nitrogen and oxygen atoms in total. The number of ether oxygens (including phenoxy) is 1. The van der Waals surface area contributed by atoms with Crippen LogP contribution in [0.5, 0.6) is 0 Å². The number of hydrogen-bond donors (Lipinski definition) is 0. The Hall–Kier alpha value is -3.55. The summed E-state index contributed by atoms with van der Waals surface area (Å²) in [6.45, 7) is 1.18. The summed E-state index contributed by atoms with van der Waals surface area (Å²) in [5, 5.41) is 0. The number of fused-ring (bicyclic) bond motifs is 1. The third-order valence-electron chi connectivity index (χ3n) is 4.58. The average Bonchev–Trinajstić information content (AvgIpc) is 2.91. The fraction of sp³-hybridized carbons (Fsp3) is 0.211. The number of carbonyl (C=O) groups is 4. The first-order chi connectivity index (χ1) is 12.8. The smallest absolute Gasteiger partial charge is 0.379 e. The van der Waals surface area contributed by atoms with E-state index in [1.165, 1.54) is 29.8 Å². The van der Waals surface area contributed by atoms with E-state index in [-0.39, 0.29) is 22.3 Å². The molecule has 1 aliphatic heterocycles. The minimum absolute atomic E-state index is 0.118. The second kappa shape index (κ2) is 6.64. The number of pyridine rings is 1. The van der Waals surface area contributed by atoms with Crippen LogP contribution in [0.3, 0.4) is 0 Å². The molecule has 0 saturated heterocycles. The summed E-state index contributed by atoms with van der Waals surface area (Å²) in [7, 11) is 2.55. The fourth-order valence-corrected chi connectivity index (χ4v) is 2.97. The van der Waals surface area contributed by atoms with Gasteiger partial charge in [-0.05, 0) is 25.1 Å². The van der Waals surface area contributed by atoms with Crippen molar-refractivity contribution in [3.8, 4) is 0 Å². The molecule has 0 radical (unpaired) electrons. The van der Waals surface area contributed by atoms with Gasteiger partial charge in [0.25, 0.3) is 23.2 Å². The fourth-order valence-electron chi connectivity index (χ4n) is 2.97. The molecule has 8 heteroatoms. The molecule has 0 aliphatic carbocycles. The Labute approximate surface area is 154 Å². The summed E-state index contributed by atoms with van der Waals surface area (Å²) < 4.78 is 5.73. The molecule has 0 N–H and O–H groups in total. The minimum atomic E-state index is -1.13. The van der Waals surface area contributed by atoms with Crippen LogP contribution < -0.4 is 5.56 Å². The Morgan fingerprint density at radius 3 is 2.11 bits per heavy atom. The van der Waals surface area contributed by atoms with Gasteiger partial charge in [0, 0.05) is 23.9 Å². The van der Waals surface area contributed by atoms with E-state index in [4.69, 9.17) is 0 Å². The summed E-state index contributed by atoms with van der Waals surface area (Å²) in [6, 6.07) is 7.66. The maximum Gasteiger partial charge on any atom is 0.379 e. The van der Waals surface area contributed by atoms with E-state index in [1.807, 2.05) is 0 Å². The van der Waals surface area contributed by atoms with Gasteiger partial charge in [0.15, 0.2) is 0 Å². The largest absolute Gasteiger partial charge is 0.463 e. The van der Waals surface area contributed by atoms with Gasteiger partial charge >= 0.3 is 5.97 Å². The summed E-state index contributed by atoms with van der Waals surface area (Å²) in [5.41, 5.74) is 0.0312. The number of carbonyl (C=O) groups excluding carboxylic acids is 4. The quantitative estimate of drug-likeness (QED) is 0.343. The highest BCUT2D eigenvalue weighted by molar-refractivity contribution is 6.41. The Bertz CT molecular complexity index is 1030. The third kappa shape index (κ3) is 2.84. The van der Waals surface area contributed by atoms with Crippen LogP contribution >= 0.6 is 0 Å². The van der Waals surface area contributed by atoms with Crippen molar-refractivity contribution in [1.82, 2.24) is 9.47 Å². The Kier molecular flexibility index (Phi) is 4.49. The molecule has 0 bridgehead atoms. The van der Waals surface area contributed by atoms with Crippen LogP contribution in [0.4, 0.5) is 0 Å². The second-order valence-electron chi connectivity index (χ2n) is 6.10. The topological polar surface area (TPSA) is 103 Å². The molecule has 138 valence electrons. The number of hydrogen-bond acceptors (Lipinski definition) is 6. The first-order valence-electron chi connectivity index (χ1n) is 8.05. The normalized spacial score (nSPS) is 12.9. The Morgan fingerprint density at radius 2 is 1.59 bits per heavy atom. The van der Waals surface area contributed by atoms with E-state index in [1.54, 1.807) is 19.1 Å².